The summed E-state index contributed by atoms with van der Waals surface area (Å²) in [5, 5.41) is 4.70. The van der Waals surface area contributed by atoms with Crippen molar-refractivity contribution in [1.29, 1.82) is 0 Å². The first-order valence-corrected chi connectivity index (χ1v) is 12.1. The van der Waals surface area contributed by atoms with Gasteiger partial charge in [0.05, 0.1) is 13.2 Å². The second kappa shape index (κ2) is 12.8. The number of hydrogen-bond donors (Lipinski definition) is 1. The molecule has 1 aromatic heterocycles. The van der Waals surface area contributed by atoms with Crippen molar-refractivity contribution in [2.24, 2.45) is 11.0 Å². The van der Waals surface area contributed by atoms with E-state index in [-0.39, 0.29) is 0 Å². The maximum Gasteiger partial charge on any atom is 0.320 e. The number of hydrazone groups is 1. The molecule has 1 aliphatic carbocycles. The Morgan fingerprint density at radius 2 is 1.97 bits per heavy atom. The van der Waals surface area contributed by atoms with Crippen LogP contribution in [0.5, 0.6) is 6.01 Å². The second-order valence-electron chi connectivity index (χ2n) is 8.55. The van der Waals surface area contributed by atoms with Gasteiger partial charge in [0.1, 0.15) is 12.4 Å². The zero-order chi connectivity index (χ0) is 21.9. The van der Waals surface area contributed by atoms with Crippen LogP contribution in [0, 0.1) is 5.92 Å². The molecule has 8 heteroatoms. The lowest BCUT2D eigenvalue weighted by molar-refractivity contribution is 0.0317. The van der Waals surface area contributed by atoms with Gasteiger partial charge in [-0.25, -0.2) is 0 Å². The monoisotopic (exact) mass is 432 g/mol. The third kappa shape index (κ3) is 7.61. The molecule has 1 N–H and O–H groups in total. The SMILES string of the molecule is CCCN(CCC)c1cc(N/N=C2\CCCCC2C)nc(OCCN2CCOCC2)n1. The molecule has 0 amide bonds. The first-order chi connectivity index (χ1) is 15.2. The summed E-state index contributed by atoms with van der Waals surface area (Å²) in [5.74, 6) is 2.14. The van der Waals surface area contributed by atoms with Crippen molar-refractivity contribution >= 4 is 17.3 Å². The van der Waals surface area contributed by atoms with Crippen LogP contribution in [0.25, 0.3) is 0 Å². The van der Waals surface area contributed by atoms with E-state index < -0.39 is 0 Å². The molecule has 1 atom stereocenters. The molecule has 2 fully saturated rings. The Morgan fingerprint density at radius 3 is 2.68 bits per heavy atom. The zero-order valence-electron chi connectivity index (χ0n) is 19.6. The second-order valence-corrected chi connectivity index (χ2v) is 8.55. The minimum atomic E-state index is 0.419. The van der Waals surface area contributed by atoms with E-state index in [1.54, 1.807) is 0 Å². The maximum absolute atomic E-state index is 5.99. The third-order valence-corrected chi connectivity index (χ3v) is 5.95. The highest BCUT2D eigenvalue weighted by Gasteiger charge is 2.17. The van der Waals surface area contributed by atoms with Gasteiger partial charge in [0, 0.05) is 44.5 Å². The number of aromatic nitrogens is 2. The van der Waals surface area contributed by atoms with E-state index >= 15 is 0 Å². The van der Waals surface area contributed by atoms with E-state index in [0.717, 1.165) is 71.0 Å². The van der Waals surface area contributed by atoms with Crippen molar-refractivity contribution < 1.29 is 9.47 Å². The van der Waals surface area contributed by atoms with Crippen LogP contribution in [0.4, 0.5) is 11.6 Å². The lowest BCUT2D eigenvalue weighted by Crippen LogP contribution is -2.38. The maximum atomic E-state index is 5.99. The molecular weight excluding hydrogens is 392 g/mol. The summed E-state index contributed by atoms with van der Waals surface area (Å²) in [5.41, 5.74) is 4.44. The molecule has 1 unspecified atom stereocenters. The van der Waals surface area contributed by atoms with Gasteiger partial charge in [0.15, 0.2) is 5.82 Å². The van der Waals surface area contributed by atoms with Crippen molar-refractivity contribution in [3.63, 3.8) is 0 Å². The fourth-order valence-electron chi connectivity index (χ4n) is 4.13. The van der Waals surface area contributed by atoms with E-state index in [2.05, 4.69) is 41.0 Å². The zero-order valence-corrected chi connectivity index (χ0v) is 19.6. The van der Waals surface area contributed by atoms with Crippen molar-refractivity contribution in [2.45, 2.75) is 59.3 Å². The molecule has 0 aromatic carbocycles. The van der Waals surface area contributed by atoms with Gasteiger partial charge in [-0.1, -0.05) is 27.2 Å². The number of anilines is 2. The average Bonchev–Trinajstić information content (AvgIpc) is 2.79. The van der Waals surface area contributed by atoms with Crippen LogP contribution in [-0.2, 0) is 4.74 Å². The minimum Gasteiger partial charge on any atom is -0.462 e. The normalized spacial score (nSPS) is 21.3. The Labute approximate surface area is 187 Å². The van der Waals surface area contributed by atoms with Crippen LogP contribution >= 0.6 is 0 Å². The molecule has 1 aromatic rings. The van der Waals surface area contributed by atoms with Gasteiger partial charge >= 0.3 is 6.01 Å². The summed E-state index contributed by atoms with van der Waals surface area (Å²) in [6.45, 7) is 13.5. The predicted octanol–water partition coefficient (Wildman–Crippen LogP) is 3.79. The molecular formula is C23H40N6O2. The van der Waals surface area contributed by atoms with Crippen LogP contribution in [0.3, 0.4) is 0 Å². The van der Waals surface area contributed by atoms with E-state index in [0.29, 0.717) is 24.4 Å². The van der Waals surface area contributed by atoms with Crippen LogP contribution in [0.1, 0.15) is 59.3 Å². The molecule has 0 bridgehead atoms. The van der Waals surface area contributed by atoms with E-state index in [1.165, 1.54) is 25.0 Å². The molecule has 8 nitrogen and oxygen atoms in total. The molecule has 174 valence electrons. The van der Waals surface area contributed by atoms with Gasteiger partial charge in [-0.05, 0) is 38.0 Å². The molecule has 0 radical (unpaired) electrons. The predicted molar refractivity (Wildman–Crippen MR) is 126 cm³/mol. The first kappa shape index (κ1) is 23.7. The Morgan fingerprint density at radius 1 is 1.19 bits per heavy atom. The molecule has 1 saturated carbocycles. The number of nitrogens with zero attached hydrogens (tertiary/aromatic N) is 5. The van der Waals surface area contributed by atoms with Crippen molar-refractivity contribution in [1.82, 2.24) is 14.9 Å². The standard InChI is InChI=1S/C23H40N6O2/c1-4-10-29(11-5-2)22-18-21(27-26-20-9-7-6-8-19(20)3)24-23(25-22)31-17-14-28-12-15-30-16-13-28/h18-19H,4-17H2,1-3H3,(H,24,25,27)/b26-20+. The molecule has 2 aliphatic rings. The molecule has 1 saturated heterocycles. The summed E-state index contributed by atoms with van der Waals surface area (Å²) in [6.07, 6.45) is 6.93. The summed E-state index contributed by atoms with van der Waals surface area (Å²) in [6, 6.07) is 2.42. The number of rotatable bonds is 11. The Hall–Kier alpha value is -1.93. The number of hydrogen-bond acceptors (Lipinski definition) is 8. The van der Waals surface area contributed by atoms with Crippen molar-refractivity contribution in [3.05, 3.63) is 6.07 Å². The van der Waals surface area contributed by atoms with Gasteiger partial charge < -0.3 is 14.4 Å². The average molecular weight is 433 g/mol. The highest BCUT2D eigenvalue weighted by Crippen LogP contribution is 2.23. The van der Waals surface area contributed by atoms with Gasteiger partial charge in [-0.15, -0.1) is 0 Å². The number of nitrogens with one attached hydrogen (secondary N) is 1. The van der Waals surface area contributed by atoms with E-state index in [9.17, 15) is 0 Å². The smallest absolute Gasteiger partial charge is 0.320 e. The fraction of sp³-hybridized carbons (Fsp3) is 0.783. The Bertz CT molecular complexity index is 687. The lowest BCUT2D eigenvalue weighted by atomic mass is 9.89. The van der Waals surface area contributed by atoms with Gasteiger partial charge in [-0.2, -0.15) is 15.1 Å². The quantitative estimate of drug-likeness (QED) is 0.533. The van der Waals surface area contributed by atoms with Crippen LogP contribution < -0.4 is 15.1 Å². The van der Waals surface area contributed by atoms with Crippen molar-refractivity contribution in [2.75, 3.05) is 62.9 Å². The number of ether oxygens (including phenoxy) is 2. The summed E-state index contributed by atoms with van der Waals surface area (Å²) in [4.78, 5) is 14.0. The molecule has 0 spiro atoms. The molecule has 1 aliphatic heterocycles. The number of morpholine rings is 1. The lowest BCUT2D eigenvalue weighted by Gasteiger charge is -2.26. The summed E-state index contributed by atoms with van der Waals surface area (Å²) in [7, 11) is 0. The van der Waals surface area contributed by atoms with Crippen LogP contribution in [-0.4, -0.2) is 73.1 Å². The largest absolute Gasteiger partial charge is 0.462 e. The van der Waals surface area contributed by atoms with E-state index in [4.69, 9.17) is 19.6 Å². The Balaban J connectivity index is 1.71. The van der Waals surface area contributed by atoms with Crippen LogP contribution in [0.15, 0.2) is 11.2 Å². The molecule has 3 rings (SSSR count). The van der Waals surface area contributed by atoms with Gasteiger partial charge in [-0.3, -0.25) is 10.3 Å². The summed E-state index contributed by atoms with van der Waals surface area (Å²) < 4.78 is 11.4. The summed E-state index contributed by atoms with van der Waals surface area (Å²) >= 11 is 0. The van der Waals surface area contributed by atoms with Gasteiger partial charge in [0.25, 0.3) is 0 Å². The minimum absolute atomic E-state index is 0.419. The third-order valence-electron chi connectivity index (χ3n) is 5.95. The van der Waals surface area contributed by atoms with Crippen molar-refractivity contribution in [3.8, 4) is 6.01 Å². The highest BCUT2D eigenvalue weighted by molar-refractivity contribution is 5.87. The first-order valence-electron chi connectivity index (χ1n) is 12.1. The molecule has 2 heterocycles. The van der Waals surface area contributed by atoms with Gasteiger partial charge in [0.2, 0.25) is 0 Å². The van der Waals surface area contributed by atoms with E-state index in [1.807, 2.05) is 6.07 Å². The Kier molecular flexibility index (Phi) is 9.81. The fourth-order valence-corrected chi connectivity index (χ4v) is 4.13. The highest BCUT2D eigenvalue weighted by atomic mass is 16.5. The topological polar surface area (TPSA) is 75.1 Å². The molecule has 31 heavy (non-hydrogen) atoms. The van der Waals surface area contributed by atoms with Crippen LogP contribution in [0.2, 0.25) is 0 Å².